The number of rotatable bonds is 8. The first kappa shape index (κ1) is 28.3. The zero-order chi connectivity index (χ0) is 27.0. The fraction of sp³-hybridized carbons (Fsp3) is 0.480. The summed E-state index contributed by atoms with van der Waals surface area (Å²) in [7, 11) is 27.0. The van der Waals surface area contributed by atoms with Gasteiger partial charge in [0.05, 0.1) is 0 Å². The number of hydrogen-bond acceptors (Lipinski definition) is 2. The van der Waals surface area contributed by atoms with Gasteiger partial charge in [0.2, 0.25) is 0 Å². The second kappa shape index (κ2) is 11.7. The van der Waals surface area contributed by atoms with E-state index in [1.54, 1.807) is 11.1 Å². The van der Waals surface area contributed by atoms with Crippen molar-refractivity contribution in [1.82, 2.24) is 5.32 Å². The Balaban J connectivity index is 0.000000230. The monoisotopic (exact) mass is 499 g/mol. The minimum atomic E-state index is -0.645. The predicted octanol–water partition coefficient (Wildman–Crippen LogP) is 1.89. The van der Waals surface area contributed by atoms with E-state index in [0.717, 1.165) is 41.1 Å². The molecule has 0 heterocycles. The quantitative estimate of drug-likeness (QED) is 0.565. The van der Waals surface area contributed by atoms with E-state index in [9.17, 15) is 4.79 Å². The molecule has 3 saturated carbocycles. The molecule has 5 unspecified atom stereocenters. The van der Waals surface area contributed by atoms with Gasteiger partial charge >= 0.3 is 82.3 Å². The first-order valence-corrected chi connectivity index (χ1v) is 14.4. The number of nitrogens with one attached hydrogen (secondary N) is 1. The predicted molar refractivity (Wildman–Crippen MR) is 172 cm³/mol. The summed E-state index contributed by atoms with van der Waals surface area (Å²) in [5.74, 6) is 3.73. The van der Waals surface area contributed by atoms with Crippen LogP contribution in [0.2, 0.25) is 0 Å². The molecule has 2 nitrogen and oxygen atoms in total. The van der Waals surface area contributed by atoms with Crippen molar-refractivity contribution in [2.45, 2.75) is 50.4 Å². The number of benzene rings is 2. The van der Waals surface area contributed by atoms with Crippen LogP contribution in [0.5, 0.6) is 0 Å². The Kier molecular flexibility index (Phi) is 8.73. The Bertz CT molecular complexity index is 1170. The number of amides is 1. The number of carbonyl (C=O) groups excluding carboxylic acids is 1. The van der Waals surface area contributed by atoms with Crippen molar-refractivity contribution in [3.05, 3.63) is 70.8 Å². The third kappa shape index (κ3) is 5.39. The molecule has 2 aromatic carbocycles. The Morgan fingerprint density at radius 2 is 1.58 bits per heavy atom. The Morgan fingerprint density at radius 1 is 0.921 bits per heavy atom. The van der Waals surface area contributed by atoms with Crippen LogP contribution in [0, 0.1) is 17.3 Å². The molecule has 3 bridgehead atoms. The van der Waals surface area contributed by atoms with Gasteiger partial charge in [0.1, 0.15) is 0 Å². The molecule has 13 heteroatoms. The Morgan fingerprint density at radius 3 is 2.16 bits per heavy atom. The molecular formula is C25H27B10NOS. The molecule has 10 radical (unpaired) electrons. The molecule has 0 aromatic heterocycles. The van der Waals surface area contributed by atoms with Crippen molar-refractivity contribution in [1.29, 1.82) is 0 Å². The summed E-state index contributed by atoms with van der Waals surface area (Å²) in [6.45, 7) is 0.704. The average Bonchev–Trinajstić information content (AvgIpc) is 3.33. The summed E-state index contributed by atoms with van der Waals surface area (Å²) in [6, 6.07) is 18.2. The van der Waals surface area contributed by atoms with Gasteiger partial charge in [-0.25, -0.2) is 0 Å². The standard InChI is InChI=1S/C25H27NO.B10S/c27-24(17-4-2-1-3-5-17)26-9-8-16-6-7-22-18-11-20-13-21-12-19(23(22)10-16)15-25(20,21)14-18;1-7(2)9(5)10(6-11)8(3)4/h1-7,10,18-21H,8-9,11-15H2,(H,26,27);. The van der Waals surface area contributed by atoms with Gasteiger partial charge in [-0.3, -0.25) is 4.79 Å². The van der Waals surface area contributed by atoms with Crippen molar-refractivity contribution in [3.8, 4) is 0 Å². The van der Waals surface area contributed by atoms with E-state index in [1.807, 2.05) is 30.3 Å². The Hall–Kier alpha value is -1.22. The summed E-state index contributed by atoms with van der Waals surface area (Å²) in [5, 5.41) is 3.07. The normalized spacial score (nSPS) is 26.8. The zero-order valence-corrected chi connectivity index (χ0v) is 22.8. The van der Waals surface area contributed by atoms with Crippen molar-refractivity contribution < 1.29 is 4.79 Å². The summed E-state index contributed by atoms with van der Waals surface area (Å²) < 4.78 is 0. The molecule has 6 rings (SSSR count). The van der Waals surface area contributed by atoms with Crippen LogP contribution in [0.3, 0.4) is 0 Å². The van der Waals surface area contributed by atoms with Crippen LogP contribution in [0.4, 0.5) is 0 Å². The van der Waals surface area contributed by atoms with Crippen molar-refractivity contribution in [2.75, 3.05) is 6.54 Å². The molecule has 0 saturated heterocycles. The maximum atomic E-state index is 12.2. The minimum absolute atomic E-state index is 0.0279. The fourth-order valence-corrected chi connectivity index (χ4v) is 8.22. The van der Waals surface area contributed by atoms with Crippen LogP contribution in [0.25, 0.3) is 0 Å². The molecule has 3 fully saturated rings. The van der Waals surface area contributed by atoms with E-state index in [0.29, 0.717) is 6.54 Å². The molecule has 4 aliphatic rings. The van der Waals surface area contributed by atoms with Crippen LogP contribution in [-0.2, 0) is 6.42 Å². The summed E-state index contributed by atoms with van der Waals surface area (Å²) in [4.78, 5) is 12.2. The van der Waals surface area contributed by atoms with Gasteiger partial charge in [-0.05, 0) is 96.4 Å². The van der Waals surface area contributed by atoms with E-state index >= 15 is 0 Å². The second-order valence-electron chi connectivity index (χ2n) is 11.9. The van der Waals surface area contributed by atoms with Gasteiger partial charge < -0.3 is 5.32 Å². The van der Waals surface area contributed by atoms with Gasteiger partial charge in [-0.1, -0.05) is 36.4 Å². The third-order valence-electron chi connectivity index (χ3n) is 9.84. The molecule has 5 atom stereocenters. The molecule has 1 spiro atoms. The van der Waals surface area contributed by atoms with E-state index in [-0.39, 0.29) is 12.3 Å². The van der Waals surface area contributed by atoms with E-state index in [4.69, 9.17) is 38.7 Å². The molecule has 1 N–H and O–H groups in total. The molecule has 38 heavy (non-hydrogen) atoms. The molecule has 174 valence electrons. The first-order valence-electron chi connectivity index (χ1n) is 13.9. The first-order chi connectivity index (χ1) is 18.2. The van der Waals surface area contributed by atoms with Crippen molar-refractivity contribution >= 4 is 88.2 Å². The van der Waals surface area contributed by atoms with Gasteiger partial charge in [0, 0.05) is 12.1 Å². The topological polar surface area (TPSA) is 29.1 Å². The number of fused-ring (bicyclic) bond motifs is 5. The molecule has 2 aromatic rings. The SMILES string of the molecule is O=C(NCCc1ccc2c(c1)C1CC3CC4CC2CC43C1)c1ccccc1.[B]B([B])B([B])B(B=S)B([B])[B]. The summed E-state index contributed by atoms with van der Waals surface area (Å²) in [5.41, 5.74) is 6.19. The van der Waals surface area contributed by atoms with Crippen LogP contribution in [-0.4, -0.2) is 82.7 Å². The molecule has 1 amide bonds. The third-order valence-corrected chi connectivity index (χ3v) is 10.2. The van der Waals surface area contributed by atoms with Crippen molar-refractivity contribution in [2.24, 2.45) is 17.3 Å². The van der Waals surface area contributed by atoms with Gasteiger partial charge in [0.25, 0.3) is 5.91 Å². The average molecular weight is 498 g/mol. The van der Waals surface area contributed by atoms with Gasteiger partial charge in [-0.15, -0.1) is 0 Å². The van der Waals surface area contributed by atoms with Crippen LogP contribution >= 0.6 is 12.1 Å². The van der Waals surface area contributed by atoms with Crippen LogP contribution in [0.1, 0.15) is 71.0 Å². The van der Waals surface area contributed by atoms with Crippen molar-refractivity contribution in [3.63, 3.8) is 0 Å². The van der Waals surface area contributed by atoms with E-state index in [2.05, 4.69) is 35.6 Å². The van der Waals surface area contributed by atoms with Gasteiger partial charge in [-0.2, -0.15) is 0 Å². The van der Waals surface area contributed by atoms with E-state index in [1.165, 1.54) is 43.7 Å². The molecule has 0 aliphatic heterocycles. The Labute approximate surface area is 242 Å². The van der Waals surface area contributed by atoms with Gasteiger partial charge in [0.15, 0.2) is 0 Å². The second-order valence-corrected chi connectivity index (χ2v) is 12.2. The van der Waals surface area contributed by atoms with E-state index < -0.39 is 19.2 Å². The van der Waals surface area contributed by atoms with Crippen LogP contribution < -0.4 is 5.32 Å². The number of hydrogen-bond donors (Lipinski definition) is 1. The fourth-order valence-electron chi connectivity index (χ4n) is 7.85. The molecule has 4 aliphatic carbocycles. The summed E-state index contributed by atoms with van der Waals surface area (Å²) in [6.07, 6.45) is 6.20. The van der Waals surface area contributed by atoms with Crippen LogP contribution in [0.15, 0.2) is 48.5 Å². The molecular weight excluding hydrogens is 470 g/mol. The maximum absolute atomic E-state index is 12.2. The zero-order valence-electron chi connectivity index (χ0n) is 22.0. The summed E-state index contributed by atoms with van der Waals surface area (Å²) >= 11 is 4.67. The number of carbonyl (C=O) groups is 1.